The van der Waals surface area contributed by atoms with Crippen molar-refractivity contribution in [1.29, 1.82) is 0 Å². The van der Waals surface area contributed by atoms with Gasteiger partial charge in [-0.25, -0.2) is 29.9 Å². The molecule has 0 atom stereocenters. The lowest BCUT2D eigenvalue weighted by atomic mass is 9.91. The van der Waals surface area contributed by atoms with E-state index >= 15 is 0 Å². The zero-order chi connectivity index (χ0) is 67.6. The smallest absolute Gasteiger partial charge is 0.164 e. The van der Waals surface area contributed by atoms with E-state index in [0.29, 0.717) is 34.9 Å². The fourth-order valence-corrected chi connectivity index (χ4v) is 19.1. The van der Waals surface area contributed by atoms with Crippen LogP contribution in [0.2, 0.25) is 0 Å². The summed E-state index contributed by atoms with van der Waals surface area (Å²) in [4.78, 5) is 30.3. The first kappa shape index (κ1) is 59.1. The van der Waals surface area contributed by atoms with E-state index in [-0.39, 0.29) is 0 Å². The van der Waals surface area contributed by atoms with Gasteiger partial charge < -0.3 is 0 Å². The van der Waals surface area contributed by atoms with Gasteiger partial charge in [0, 0.05) is 99.3 Å². The van der Waals surface area contributed by atoms with Crippen LogP contribution in [-0.4, -0.2) is 29.9 Å². The van der Waals surface area contributed by atoms with Crippen molar-refractivity contribution in [2.24, 2.45) is 0 Å². The lowest BCUT2D eigenvalue weighted by molar-refractivity contribution is 1.08. The molecule has 0 N–H and O–H groups in total. The summed E-state index contributed by atoms with van der Waals surface area (Å²) < 4.78 is 7.88. The number of benzene rings is 17. The molecule has 0 spiro atoms. The van der Waals surface area contributed by atoms with E-state index in [1.165, 1.54) is 131 Å². The summed E-state index contributed by atoms with van der Waals surface area (Å²) in [7, 11) is 0. The second-order valence-corrected chi connectivity index (χ2v) is 29.5. The molecule has 9 heteroatoms. The molecule has 0 aliphatic carbocycles. The Labute approximate surface area is 602 Å². The molecule has 0 unspecified atom stereocenters. The minimum Gasteiger partial charge on any atom is -0.208 e. The number of hydrogen-bond acceptors (Lipinski definition) is 9. The van der Waals surface area contributed by atoms with Gasteiger partial charge in [-0.05, 0) is 142 Å². The Kier molecular flexibility index (Phi) is 13.8. The number of thiophene rings is 3. The van der Waals surface area contributed by atoms with E-state index in [1.54, 1.807) is 0 Å². The molecule has 5 heterocycles. The summed E-state index contributed by atoms with van der Waals surface area (Å²) in [5.74, 6) is 3.97. The predicted molar refractivity (Wildman–Crippen MR) is 439 cm³/mol. The van der Waals surface area contributed by atoms with Crippen LogP contribution >= 0.6 is 34.0 Å². The van der Waals surface area contributed by atoms with Gasteiger partial charge in [-0.3, -0.25) is 0 Å². The average molecular weight is 1360 g/mol. The van der Waals surface area contributed by atoms with E-state index in [0.717, 1.165) is 49.5 Å². The third-order valence-electron chi connectivity index (χ3n) is 20.4. The Morgan fingerprint density at radius 2 is 0.544 bits per heavy atom. The molecular weight excluding hydrogens is 1310 g/mol. The lowest BCUT2D eigenvalue weighted by Gasteiger charge is -2.14. The van der Waals surface area contributed by atoms with Gasteiger partial charge in [0.1, 0.15) is 0 Å². The van der Waals surface area contributed by atoms with Crippen LogP contribution in [0.3, 0.4) is 0 Å². The molecule has 103 heavy (non-hydrogen) atoms. The highest BCUT2D eigenvalue weighted by molar-refractivity contribution is 7.27. The molecule has 0 saturated carbocycles. The SMILES string of the molecule is c1ccc(-c2nc(-c3ccc4c(ccc5c4c4ccccc4c4sc6ccccc6c54)c3)nc(-c3ccc4sc5ccccc5c4c3)n2)cc1.c1ccc(-c2nc(-c3ccccc3)nc(-c3ccc(-c4ccc5c(ccc6ccc7c(ccc8sc9ccccc9c87)c65)c4)c4ccccc34)n2)cc1. The summed E-state index contributed by atoms with van der Waals surface area (Å²) >= 11 is 5.58. The Morgan fingerprint density at radius 3 is 1.20 bits per heavy atom. The molecule has 22 rings (SSSR count). The van der Waals surface area contributed by atoms with Crippen molar-refractivity contribution in [2.75, 3.05) is 0 Å². The Balaban J connectivity index is 0.000000134. The minimum atomic E-state index is 0.657. The van der Waals surface area contributed by atoms with Gasteiger partial charge in [-0.15, -0.1) is 34.0 Å². The molecule has 0 fully saturated rings. The number of nitrogens with zero attached hydrogens (tertiary/aromatic N) is 6. The molecule has 5 aromatic heterocycles. The van der Waals surface area contributed by atoms with Crippen molar-refractivity contribution in [1.82, 2.24) is 29.9 Å². The summed E-state index contributed by atoms with van der Waals surface area (Å²) in [6.07, 6.45) is 0. The Bertz CT molecular complexity index is 7190. The van der Waals surface area contributed by atoms with E-state index in [9.17, 15) is 0 Å². The first-order valence-electron chi connectivity index (χ1n) is 34.5. The predicted octanol–water partition coefficient (Wildman–Crippen LogP) is 26.6. The topological polar surface area (TPSA) is 77.3 Å². The average Bonchev–Trinajstić information content (AvgIpc) is 1.66. The van der Waals surface area contributed by atoms with Gasteiger partial charge in [0.25, 0.3) is 0 Å². The molecule has 0 amide bonds. The highest BCUT2D eigenvalue weighted by Crippen LogP contribution is 2.48. The van der Waals surface area contributed by atoms with Gasteiger partial charge in [0.05, 0.1) is 0 Å². The van der Waals surface area contributed by atoms with Gasteiger partial charge in [-0.2, -0.15) is 0 Å². The van der Waals surface area contributed by atoms with Crippen molar-refractivity contribution in [2.45, 2.75) is 0 Å². The second-order valence-electron chi connectivity index (χ2n) is 26.3. The molecular formula is C94H54N6S3. The van der Waals surface area contributed by atoms with E-state index in [2.05, 4.69) is 249 Å². The lowest BCUT2D eigenvalue weighted by Crippen LogP contribution is -2.00. The summed E-state index contributed by atoms with van der Waals surface area (Å²) in [6, 6.07) is 117. The third-order valence-corrected chi connectivity index (χ3v) is 23.9. The third kappa shape index (κ3) is 9.88. The van der Waals surface area contributed by atoms with Crippen molar-refractivity contribution in [3.8, 4) is 79.5 Å². The number of fused-ring (bicyclic) bond motifs is 23. The van der Waals surface area contributed by atoms with E-state index in [4.69, 9.17) is 29.9 Å². The van der Waals surface area contributed by atoms with Crippen LogP contribution in [-0.2, 0) is 0 Å². The van der Waals surface area contributed by atoms with Gasteiger partial charge in [0.15, 0.2) is 34.9 Å². The summed E-state index contributed by atoms with van der Waals surface area (Å²) in [5, 5.41) is 25.3. The quantitative estimate of drug-likeness (QED) is 0.148. The number of rotatable bonds is 7. The van der Waals surface area contributed by atoms with Gasteiger partial charge >= 0.3 is 0 Å². The van der Waals surface area contributed by atoms with Crippen LogP contribution in [0, 0.1) is 0 Å². The van der Waals surface area contributed by atoms with Crippen molar-refractivity contribution < 1.29 is 0 Å². The van der Waals surface area contributed by atoms with E-state index < -0.39 is 0 Å². The maximum Gasteiger partial charge on any atom is 0.164 e. The van der Waals surface area contributed by atoms with Crippen LogP contribution in [0.1, 0.15) is 0 Å². The molecule has 478 valence electrons. The van der Waals surface area contributed by atoms with Crippen molar-refractivity contribution in [3.63, 3.8) is 0 Å². The number of hydrogen-bond donors (Lipinski definition) is 0. The van der Waals surface area contributed by atoms with Crippen LogP contribution in [0.5, 0.6) is 0 Å². The monoisotopic (exact) mass is 1360 g/mol. The molecule has 0 aliphatic heterocycles. The Hall–Kier alpha value is -12.8. The zero-order valence-corrected chi connectivity index (χ0v) is 57.5. The molecule has 0 saturated heterocycles. The first-order chi connectivity index (χ1) is 51.0. The highest BCUT2D eigenvalue weighted by Gasteiger charge is 2.22. The molecule has 17 aromatic carbocycles. The second kappa shape index (κ2) is 24.0. The maximum atomic E-state index is 5.14. The van der Waals surface area contributed by atoms with Gasteiger partial charge in [0.2, 0.25) is 0 Å². The summed E-state index contributed by atoms with van der Waals surface area (Å²) in [6.45, 7) is 0. The van der Waals surface area contributed by atoms with E-state index in [1.807, 2.05) is 113 Å². The highest BCUT2D eigenvalue weighted by atomic mass is 32.1. The normalized spacial score (nSPS) is 11.9. The molecule has 22 aromatic rings. The van der Waals surface area contributed by atoms with Gasteiger partial charge in [-0.1, -0.05) is 267 Å². The zero-order valence-electron chi connectivity index (χ0n) is 55.1. The van der Waals surface area contributed by atoms with Crippen LogP contribution in [0.4, 0.5) is 0 Å². The first-order valence-corrected chi connectivity index (χ1v) is 37.0. The van der Waals surface area contributed by atoms with Crippen LogP contribution in [0.15, 0.2) is 328 Å². The summed E-state index contributed by atoms with van der Waals surface area (Å²) in [5.41, 5.74) is 8.15. The standard InChI is InChI=1S/C49H29N3S.C45H25N3S2/c1-3-11-31(12-4-1)47-50-48(32-13-5-2-6-14-32)52-49(51-47)41-26-25-35(37-15-7-8-16-38(37)41)33-22-23-36-34(29-33)20-19-30-21-24-40-39(45(30)36)27-28-44-46(40)42-17-9-10-18-43(42)53-44;1-2-10-26(11-3-1)43-46-44(48-45(47-43)29-20-23-39-36(25-29)31-12-6-8-16-37(31)49-39)28-19-21-30-27(24-28)18-22-35-40(30)32-13-4-5-14-33(32)42-41(35)34-15-7-9-17-38(34)50-42/h1-29H;1-25H. The number of aromatic nitrogens is 6. The van der Waals surface area contributed by atoms with Crippen LogP contribution < -0.4 is 0 Å². The molecule has 0 radical (unpaired) electrons. The molecule has 0 bridgehead atoms. The van der Waals surface area contributed by atoms with Crippen molar-refractivity contribution >= 4 is 170 Å². The fraction of sp³-hybridized carbons (Fsp3) is 0. The molecule has 6 nitrogen and oxygen atoms in total. The van der Waals surface area contributed by atoms with Crippen LogP contribution in [0.25, 0.3) is 215 Å². The maximum absolute atomic E-state index is 5.14. The fourth-order valence-electron chi connectivity index (χ4n) is 15.6. The minimum absolute atomic E-state index is 0.657. The molecule has 0 aliphatic rings. The Morgan fingerprint density at radius 1 is 0.165 bits per heavy atom. The largest absolute Gasteiger partial charge is 0.208 e. The van der Waals surface area contributed by atoms with Crippen molar-refractivity contribution in [3.05, 3.63) is 328 Å².